The summed E-state index contributed by atoms with van der Waals surface area (Å²) in [6.07, 6.45) is 5.02. The Morgan fingerprint density at radius 2 is 1.71 bits per heavy atom. The lowest BCUT2D eigenvalue weighted by Crippen LogP contribution is -2.43. The third kappa shape index (κ3) is 12.3. The zero-order valence-electron chi connectivity index (χ0n) is 15.7. The second kappa shape index (κ2) is 16.4. The molecule has 0 aliphatic heterocycles. The van der Waals surface area contributed by atoms with Gasteiger partial charge in [0.1, 0.15) is 0 Å². The molecular formula is C17H37IN4O2. The Hall–Kier alpha value is -0.120. The lowest BCUT2D eigenvalue weighted by molar-refractivity contribution is 0.0487. The highest BCUT2D eigenvalue weighted by molar-refractivity contribution is 14.0. The van der Waals surface area contributed by atoms with Crippen molar-refractivity contribution in [2.45, 2.75) is 45.6 Å². The first-order valence-corrected chi connectivity index (χ1v) is 9.15. The molecule has 0 heterocycles. The van der Waals surface area contributed by atoms with Gasteiger partial charge < -0.3 is 20.1 Å². The number of nitrogens with one attached hydrogen (secondary N) is 2. The summed E-state index contributed by atoms with van der Waals surface area (Å²) in [4.78, 5) is 6.76. The van der Waals surface area contributed by atoms with Crippen molar-refractivity contribution < 1.29 is 9.47 Å². The number of likely N-dealkylation sites (N-methyl/N-ethyl adjacent to an activating group) is 1. The number of hydrogen-bond donors (Lipinski definition) is 2. The van der Waals surface area contributed by atoms with Gasteiger partial charge in [0.25, 0.3) is 0 Å². The van der Waals surface area contributed by atoms with E-state index in [1.807, 2.05) is 0 Å². The molecule has 0 bridgehead atoms. The van der Waals surface area contributed by atoms with Crippen molar-refractivity contribution in [3.05, 3.63) is 0 Å². The van der Waals surface area contributed by atoms with Crippen molar-refractivity contribution >= 4 is 29.9 Å². The van der Waals surface area contributed by atoms with Gasteiger partial charge >= 0.3 is 0 Å². The molecule has 0 aromatic carbocycles. The minimum Gasteiger partial charge on any atom is -0.379 e. The molecule has 0 radical (unpaired) electrons. The van der Waals surface area contributed by atoms with E-state index >= 15 is 0 Å². The fourth-order valence-electron chi connectivity index (χ4n) is 2.39. The van der Waals surface area contributed by atoms with Gasteiger partial charge in [-0.25, -0.2) is 0 Å². The average molecular weight is 456 g/mol. The summed E-state index contributed by atoms with van der Waals surface area (Å²) in [6.45, 7) is 11.1. The van der Waals surface area contributed by atoms with E-state index in [9.17, 15) is 0 Å². The Labute approximate surface area is 165 Å². The summed E-state index contributed by atoms with van der Waals surface area (Å²) in [5.74, 6) is 0.847. The van der Waals surface area contributed by atoms with Gasteiger partial charge in [-0.3, -0.25) is 9.89 Å². The van der Waals surface area contributed by atoms with Crippen LogP contribution in [-0.4, -0.2) is 76.6 Å². The predicted molar refractivity (Wildman–Crippen MR) is 112 cm³/mol. The van der Waals surface area contributed by atoms with Crippen molar-refractivity contribution in [2.75, 3.05) is 59.7 Å². The predicted octanol–water partition coefficient (Wildman–Crippen LogP) is 2.09. The van der Waals surface area contributed by atoms with Crippen LogP contribution >= 0.6 is 24.0 Å². The Morgan fingerprint density at radius 3 is 2.29 bits per heavy atom. The first-order chi connectivity index (χ1) is 11.3. The van der Waals surface area contributed by atoms with Crippen molar-refractivity contribution in [1.29, 1.82) is 0 Å². The van der Waals surface area contributed by atoms with Gasteiger partial charge in [-0.1, -0.05) is 20.3 Å². The van der Waals surface area contributed by atoms with Crippen molar-refractivity contribution in [2.24, 2.45) is 4.99 Å². The molecule has 1 fully saturated rings. The van der Waals surface area contributed by atoms with E-state index < -0.39 is 0 Å². The Morgan fingerprint density at radius 1 is 1.04 bits per heavy atom. The van der Waals surface area contributed by atoms with Gasteiger partial charge in [0, 0.05) is 39.3 Å². The summed E-state index contributed by atoms with van der Waals surface area (Å²) < 4.78 is 11.0. The lowest BCUT2D eigenvalue weighted by atomic mass is 10.4. The zero-order valence-corrected chi connectivity index (χ0v) is 18.0. The molecular weight excluding hydrogens is 419 g/mol. The van der Waals surface area contributed by atoms with E-state index in [1.54, 1.807) is 7.05 Å². The molecule has 0 saturated heterocycles. The minimum atomic E-state index is 0. The molecule has 6 nitrogen and oxygen atoms in total. The number of nitrogens with zero attached hydrogens (tertiary/aromatic N) is 2. The largest absolute Gasteiger partial charge is 0.379 e. The highest BCUT2D eigenvalue weighted by atomic mass is 127. The fourth-order valence-corrected chi connectivity index (χ4v) is 2.39. The molecule has 1 saturated carbocycles. The molecule has 1 aliphatic carbocycles. The van der Waals surface area contributed by atoms with Crippen LogP contribution in [-0.2, 0) is 9.47 Å². The summed E-state index contributed by atoms with van der Waals surface area (Å²) >= 11 is 0. The number of ether oxygens (including phenoxy) is 2. The first-order valence-electron chi connectivity index (χ1n) is 9.15. The zero-order chi connectivity index (χ0) is 16.8. The maximum atomic E-state index is 5.53. The van der Waals surface area contributed by atoms with Crippen LogP contribution in [0.25, 0.3) is 0 Å². The number of aliphatic imine (C=N–C) groups is 1. The molecule has 0 spiro atoms. The van der Waals surface area contributed by atoms with E-state index in [4.69, 9.17) is 9.47 Å². The minimum absolute atomic E-state index is 0. The number of unbranched alkanes of at least 4 members (excludes halogenated alkanes) is 1. The number of rotatable bonds is 14. The average Bonchev–Trinajstić information content (AvgIpc) is 3.40. The monoisotopic (exact) mass is 456 g/mol. The highest BCUT2D eigenvalue weighted by Gasteiger charge is 2.27. The van der Waals surface area contributed by atoms with Gasteiger partial charge in [-0.05, 0) is 25.8 Å². The van der Waals surface area contributed by atoms with Gasteiger partial charge in [0.05, 0.1) is 19.8 Å². The Bertz CT molecular complexity index is 315. The van der Waals surface area contributed by atoms with Gasteiger partial charge in [0.15, 0.2) is 5.96 Å². The smallest absolute Gasteiger partial charge is 0.191 e. The lowest BCUT2D eigenvalue weighted by Gasteiger charge is -2.20. The van der Waals surface area contributed by atoms with E-state index in [1.165, 1.54) is 19.3 Å². The fraction of sp³-hybridized carbons (Fsp3) is 0.941. The molecule has 1 rings (SSSR count). The second-order valence-corrected chi connectivity index (χ2v) is 5.86. The number of halogens is 1. The maximum absolute atomic E-state index is 5.53. The molecule has 2 N–H and O–H groups in total. The highest BCUT2D eigenvalue weighted by Crippen LogP contribution is 2.25. The molecule has 0 aromatic rings. The van der Waals surface area contributed by atoms with E-state index in [0.29, 0.717) is 19.8 Å². The Balaban J connectivity index is 0.00000529. The Kier molecular flexibility index (Phi) is 16.3. The van der Waals surface area contributed by atoms with Crippen molar-refractivity contribution in [3.8, 4) is 0 Å². The van der Waals surface area contributed by atoms with Gasteiger partial charge in [-0.2, -0.15) is 0 Å². The van der Waals surface area contributed by atoms with Crippen LogP contribution in [0.4, 0.5) is 0 Å². The van der Waals surface area contributed by atoms with Crippen LogP contribution in [0.1, 0.15) is 39.5 Å². The maximum Gasteiger partial charge on any atom is 0.191 e. The number of guanidine groups is 1. The normalized spacial score (nSPS) is 14.6. The topological polar surface area (TPSA) is 58.1 Å². The van der Waals surface area contributed by atoms with E-state index in [-0.39, 0.29) is 24.0 Å². The van der Waals surface area contributed by atoms with E-state index in [0.717, 1.165) is 51.2 Å². The standard InChI is InChI=1S/C17H36N4O2.HI/c1-4-6-12-22-14-15-23-13-10-20-17(18-3)19-9-11-21(5-2)16-7-8-16;/h16H,4-15H2,1-3H3,(H2,18,19,20);1H. The number of hydrogen-bond acceptors (Lipinski definition) is 4. The van der Waals surface area contributed by atoms with Crippen molar-refractivity contribution in [3.63, 3.8) is 0 Å². The molecule has 0 unspecified atom stereocenters. The molecule has 7 heteroatoms. The van der Waals surface area contributed by atoms with Crippen LogP contribution < -0.4 is 10.6 Å². The summed E-state index contributed by atoms with van der Waals surface area (Å²) in [5, 5.41) is 6.63. The van der Waals surface area contributed by atoms with Crippen LogP contribution in [0.3, 0.4) is 0 Å². The third-order valence-electron chi connectivity index (χ3n) is 3.94. The van der Waals surface area contributed by atoms with Crippen LogP contribution in [0.2, 0.25) is 0 Å². The van der Waals surface area contributed by atoms with Gasteiger partial charge in [-0.15, -0.1) is 24.0 Å². The summed E-state index contributed by atoms with van der Waals surface area (Å²) in [6, 6.07) is 0.824. The molecule has 144 valence electrons. The van der Waals surface area contributed by atoms with E-state index in [2.05, 4.69) is 34.4 Å². The van der Waals surface area contributed by atoms with Crippen LogP contribution in [0.5, 0.6) is 0 Å². The van der Waals surface area contributed by atoms with Crippen LogP contribution in [0, 0.1) is 0 Å². The quantitative estimate of drug-likeness (QED) is 0.182. The van der Waals surface area contributed by atoms with Gasteiger partial charge in [0.2, 0.25) is 0 Å². The van der Waals surface area contributed by atoms with Crippen molar-refractivity contribution in [1.82, 2.24) is 15.5 Å². The van der Waals surface area contributed by atoms with Crippen LogP contribution in [0.15, 0.2) is 4.99 Å². The first kappa shape index (κ1) is 23.9. The summed E-state index contributed by atoms with van der Waals surface area (Å²) in [5.41, 5.74) is 0. The molecule has 0 aromatic heterocycles. The third-order valence-corrected chi connectivity index (χ3v) is 3.94. The molecule has 24 heavy (non-hydrogen) atoms. The SMILES string of the molecule is CCCCOCCOCCNC(=NC)NCCN(CC)C1CC1.I. The second-order valence-electron chi connectivity index (χ2n) is 5.86. The molecule has 0 atom stereocenters. The molecule has 0 amide bonds. The molecule has 1 aliphatic rings. The summed E-state index contributed by atoms with van der Waals surface area (Å²) in [7, 11) is 1.80.